The quantitative estimate of drug-likeness (QED) is 0.380. The molecule has 1 aromatic carbocycles. The summed E-state index contributed by atoms with van der Waals surface area (Å²) in [5.74, 6) is 0. The molecule has 0 aliphatic carbocycles. The van der Waals surface area contributed by atoms with Gasteiger partial charge in [-0.3, -0.25) is 4.55 Å². The van der Waals surface area contributed by atoms with E-state index in [1.165, 1.54) is 6.07 Å². The monoisotopic (exact) mass is 241 g/mol. The lowest BCUT2D eigenvalue weighted by atomic mass is 10.1. The molecule has 0 heterocycles. The van der Waals surface area contributed by atoms with Gasteiger partial charge in [-0.25, -0.2) is 0 Å². The molecule has 1 aromatic rings. The maximum Gasteiger partial charge on any atom is 0.294 e. The van der Waals surface area contributed by atoms with E-state index in [4.69, 9.17) is 10.1 Å². The van der Waals surface area contributed by atoms with Crippen LogP contribution in [0.25, 0.3) is 10.4 Å². The highest BCUT2D eigenvalue weighted by molar-refractivity contribution is 7.85. The summed E-state index contributed by atoms with van der Waals surface area (Å²) in [6.45, 7) is 3.34. The van der Waals surface area contributed by atoms with Crippen molar-refractivity contribution < 1.29 is 13.0 Å². The van der Waals surface area contributed by atoms with E-state index in [0.29, 0.717) is 5.56 Å². The van der Waals surface area contributed by atoms with E-state index in [9.17, 15) is 8.42 Å². The van der Waals surface area contributed by atoms with Crippen molar-refractivity contribution in [1.82, 2.24) is 0 Å². The molecule has 0 aliphatic heterocycles. The molecule has 0 aromatic heterocycles. The lowest BCUT2D eigenvalue weighted by molar-refractivity contribution is 0.481. The molecule has 0 spiro atoms. The lowest BCUT2D eigenvalue weighted by Crippen LogP contribution is -2.05. The minimum absolute atomic E-state index is 0.224. The molecular weight excluding hydrogens is 230 g/mol. The third-order valence-corrected chi connectivity index (χ3v) is 3.05. The Labute approximate surface area is 93.3 Å². The fraction of sp³-hybridized carbons (Fsp3) is 0.333. The third-order valence-electron chi connectivity index (χ3n) is 2.12. The first-order chi connectivity index (χ1) is 7.36. The Bertz CT molecular complexity index is 547. The first-order valence-electron chi connectivity index (χ1n) is 4.48. The standard InChI is InChI=1S/C9H11N3O3S/c1-6-3-4-9(16(13,14)15)8(5-6)7(2)11-12-10/h3-5,7H,1-2H3,(H,13,14,15). The van der Waals surface area contributed by atoms with Crippen LogP contribution in [-0.2, 0) is 10.1 Å². The Morgan fingerprint density at radius 1 is 1.50 bits per heavy atom. The molecule has 0 bridgehead atoms. The smallest absolute Gasteiger partial charge is 0.282 e. The van der Waals surface area contributed by atoms with E-state index >= 15 is 0 Å². The Morgan fingerprint density at radius 2 is 2.12 bits per heavy atom. The summed E-state index contributed by atoms with van der Waals surface area (Å²) in [4.78, 5) is 2.39. The van der Waals surface area contributed by atoms with Crippen LogP contribution in [0.3, 0.4) is 0 Å². The summed E-state index contributed by atoms with van der Waals surface area (Å²) in [6, 6.07) is 3.78. The number of hydrogen-bond donors (Lipinski definition) is 1. The topological polar surface area (TPSA) is 103 Å². The van der Waals surface area contributed by atoms with Crippen molar-refractivity contribution in [3.05, 3.63) is 39.8 Å². The van der Waals surface area contributed by atoms with E-state index in [1.807, 2.05) is 0 Å². The van der Waals surface area contributed by atoms with Gasteiger partial charge in [0.05, 0.1) is 10.9 Å². The molecule has 16 heavy (non-hydrogen) atoms. The average molecular weight is 241 g/mol. The second-order valence-electron chi connectivity index (χ2n) is 3.40. The van der Waals surface area contributed by atoms with Gasteiger partial charge in [-0.15, -0.1) is 0 Å². The maximum absolute atomic E-state index is 11.1. The molecule has 0 amide bonds. The van der Waals surface area contributed by atoms with Crippen molar-refractivity contribution in [3.63, 3.8) is 0 Å². The highest BCUT2D eigenvalue weighted by atomic mass is 32.2. The SMILES string of the molecule is Cc1ccc(S(=O)(=O)O)c(C(C)N=[N+]=[N-])c1. The summed E-state index contributed by atoms with van der Waals surface area (Å²) in [7, 11) is -4.30. The molecule has 1 N–H and O–H groups in total. The predicted molar refractivity (Wildman–Crippen MR) is 58.6 cm³/mol. The summed E-state index contributed by atoms with van der Waals surface area (Å²) >= 11 is 0. The number of nitrogens with zero attached hydrogens (tertiary/aromatic N) is 3. The van der Waals surface area contributed by atoms with E-state index in [-0.39, 0.29) is 4.90 Å². The number of aryl methyl sites for hydroxylation is 1. The molecule has 86 valence electrons. The summed E-state index contributed by atoms with van der Waals surface area (Å²) in [5.41, 5.74) is 9.42. The van der Waals surface area contributed by atoms with Crippen molar-refractivity contribution in [1.29, 1.82) is 0 Å². The van der Waals surface area contributed by atoms with Crippen LogP contribution in [0.2, 0.25) is 0 Å². The van der Waals surface area contributed by atoms with Gasteiger partial charge in [-0.1, -0.05) is 29.7 Å². The van der Waals surface area contributed by atoms with Crippen LogP contribution in [0, 0.1) is 6.92 Å². The van der Waals surface area contributed by atoms with Crippen LogP contribution in [0.5, 0.6) is 0 Å². The van der Waals surface area contributed by atoms with Gasteiger partial charge < -0.3 is 0 Å². The van der Waals surface area contributed by atoms with E-state index in [0.717, 1.165) is 5.56 Å². The van der Waals surface area contributed by atoms with Gasteiger partial charge in [0.15, 0.2) is 0 Å². The molecule has 0 saturated heterocycles. The van der Waals surface area contributed by atoms with Gasteiger partial charge >= 0.3 is 0 Å². The molecule has 1 rings (SSSR count). The van der Waals surface area contributed by atoms with Gasteiger partial charge in [0.1, 0.15) is 0 Å². The van der Waals surface area contributed by atoms with Crippen molar-refractivity contribution in [3.8, 4) is 0 Å². The molecule has 0 aliphatic rings. The zero-order chi connectivity index (χ0) is 12.3. The second-order valence-corrected chi connectivity index (χ2v) is 4.79. The Kier molecular flexibility index (Phi) is 3.54. The van der Waals surface area contributed by atoms with E-state index in [1.54, 1.807) is 26.0 Å². The molecule has 0 fully saturated rings. The first-order valence-corrected chi connectivity index (χ1v) is 5.92. The van der Waals surface area contributed by atoms with Crippen LogP contribution in [0.1, 0.15) is 24.1 Å². The molecule has 0 radical (unpaired) electrons. The predicted octanol–water partition coefficient (Wildman–Crippen LogP) is 2.61. The number of benzene rings is 1. The van der Waals surface area contributed by atoms with Gasteiger partial charge in [0.2, 0.25) is 0 Å². The van der Waals surface area contributed by atoms with E-state index in [2.05, 4.69) is 10.0 Å². The second kappa shape index (κ2) is 4.52. The van der Waals surface area contributed by atoms with Gasteiger partial charge in [-0.2, -0.15) is 8.42 Å². The normalized spacial score (nSPS) is 12.9. The molecule has 7 heteroatoms. The zero-order valence-corrected chi connectivity index (χ0v) is 9.64. The lowest BCUT2D eigenvalue weighted by Gasteiger charge is -2.10. The number of azide groups is 1. The average Bonchev–Trinajstić information content (AvgIpc) is 2.16. The van der Waals surface area contributed by atoms with Crippen molar-refractivity contribution in [2.45, 2.75) is 24.8 Å². The first kappa shape index (κ1) is 12.5. The highest BCUT2D eigenvalue weighted by Crippen LogP contribution is 2.26. The van der Waals surface area contributed by atoms with Crippen LogP contribution in [-0.4, -0.2) is 13.0 Å². The van der Waals surface area contributed by atoms with Crippen LogP contribution in [0.4, 0.5) is 0 Å². The summed E-state index contributed by atoms with van der Waals surface area (Å²) in [6.07, 6.45) is 0. The van der Waals surface area contributed by atoms with Gasteiger partial charge in [0.25, 0.3) is 10.1 Å². The fourth-order valence-electron chi connectivity index (χ4n) is 1.37. The molecule has 1 atom stereocenters. The number of rotatable bonds is 3. The largest absolute Gasteiger partial charge is 0.294 e. The minimum atomic E-state index is -4.30. The highest BCUT2D eigenvalue weighted by Gasteiger charge is 2.18. The molecule has 0 saturated carbocycles. The zero-order valence-electron chi connectivity index (χ0n) is 8.82. The maximum atomic E-state index is 11.1. The van der Waals surface area contributed by atoms with Gasteiger partial charge in [0, 0.05) is 4.91 Å². The summed E-state index contributed by atoms with van der Waals surface area (Å²) in [5, 5.41) is 3.42. The minimum Gasteiger partial charge on any atom is -0.282 e. The fourth-order valence-corrected chi connectivity index (χ4v) is 2.14. The molecular formula is C9H11N3O3S. The van der Waals surface area contributed by atoms with Crippen molar-refractivity contribution in [2.24, 2.45) is 5.11 Å². The van der Waals surface area contributed by atoms with Gasteiger partial charge in [-0.05, 0) is 24.1 Å². The number of hydrogen-bond acceptors (Lipinski definition) is 3. The Balaban J connectivity index is 3.46. The van der Waals surface area contributed by atoms with Crippen LogP contribution < -0.4 is 0 Å². The van der Waals surface area contributed by atoms with Crippen molar-refractivity contribution in [2.75, 3.05) is 0 Å². The van der Waals surface area contributed by atoms with Crippen LogP contribution >= 0.6 is 0 Å². The molecule has 6 nitrogen and oxygen atoms in total. The third kappa shape index (κ3) is 2.73. The Hall–Kier alpha value is -1.56. The van der Waals surface area contributed by atoms with E-state index < -0.39 is 16.2 Å². The molecule has 1 unspecified atom stereocenters. The summed E-state index contributed by atoms with van der Waals surface area (Å²) < 4.78 is 31.2. The Morgan fingerprint density at radius 3 is 2.62 bits per heavy atom. The van der Waals surface area contributed by atoms with Crippen molar-refractivity contribution >= 4 is 10.1 Å². The van der Waals surface area contributed by atoms with Crippen LogP contribution in [0.15, 0.2) is 28.2 Å².